The summed E-state index contributed by atoms with van der Waals surface area (Å²) in [5.74, 6) is 0. The molecule has 57 heavy (non-hydrogen) atoms. The van der Waals surface area contributed by atoms with Gasteiger partial charge in [-0.3, -0.25) is 0 Å². The summed E-state index contributed by atoms with van der Waals surface area (Å²) in [6, 6.07) is 60.3. The Balaban J connectivity index is 1.04. The van der Waals surface area contributed by atoms with Crippen LogP contribution in [-0.2, 0) is 0 Å². The molecule has 0 saturated carbocycles. The van der Waals surface area contributed by atoms with Gasteiger partial charge < -0.3 is 13.7 Å². The van der Waals surface area contributed by atoms with Gasteiger partial charge in [-0.25, -0.2) is 9.69 Å². The van der Waals surface area contributed by atoms with Crippen molar-refractivity contribution in [3.8, 4) is 34.3 Å². The number of benzene rings is 8. The molecule has 0 atom stereocenters. The van der Waals surface area contributed by atoms with E-state index in [0.717, 1.165) is 60.5 Å². The van der Waals surface area contributed by atoms with Crippen molar-refractivity contribution in [3.05, 3.63) is 198 Å². The minimum atomic E-state index is 0.422. The van der Waals surface area contributed by atoms with Crippen LogP contribution < -0.4 is 0 Å². The zero-order valence-corrected chi connectivity index (χ0v) is 30.3. The van der Waals surface area contributed by atoms with Gasteiger partial charge in [0.25, 0.3) is 0 Å². The zero-order valence-electron chi connectivity index (χ0n) is 30.3. The van der Waals surface area contributed by atoms with Crippen molar-refractivity contribution in [2.45, 2.75) is 0 Å². The van der Waals surface area contributed by atoms with Crippen molar-refractivity contribution in [3.63, 3.8) is 0 Å². The number of aromatic nitrogens is 3. The maximum atomic E-state index is 10.5. The lowest BCUT2D eigenvalue weighted by Crippen LogP contribution is -1.97. The third-order valence-corrected chi connectivity index (χ3v) is 11.3. The van der Waals surface area contributed by atoms with Crippen LogP contribution in [-0.4, -0.2) is 13.7 Å². The SMILES string of the molecule is [C-]#[N+]c1cc(-c2ccc(-n3c4ccccc4c4cc(-n5c6ccccc6c6ccccc65)ccc43)cc2)c(C#N)cc1-n1c2ccccc2c2c([N+]#[C-])cccc21. The van der Waals surface area contributed by atoms with Crippen LogP contribution in [0.3, 0.4) is 0 Å². The molecular formula is C51H28N6. The number of hydrogen-bond acceptors (Lipinski definition) is 1. The number of fused-ring (bicyclic) bond motifs is 9. The molecule has 6 nitrogen and oxygen atoms in total. The summed E-state index contributed by atoms with van der Waals surface area (Å²) >= 11 is 0. The minimum absolute atomic E-state index is 0.422. The maximum absolute atomic E-state index is 10.5. The molecule has 0 unspecified atom stereocenters. The van der Waals surface area contributed by atoms with E-state index in [1.54, 1.807) is 0 Å². The smallest absolute Gasteiger partial charge is 0.211 e. The lowest BCUT2D eigenvalue weighted by atomic mass is 9.98. The van der Waals surface area contributed by atoms with Gasteiger partial charge in [-0.15, -0.1) is 0 Å². The Kier molecular flexibility index (Phi) is 6.95. The van der Waals surface area contributed by atoms with Crippen LogP contribution in [0.15, 0.2) is 170 Å². The van der Waals surface area contributed by atoms with E-state index < -0.39 is 0 Å². The van der Waals surface area contributed by atoms with Crippen LogP contribution in [0.1, 0.15) is 5.56 Å². The molecular weight excluding hydrogens is 697 g/mol. The van der Waals surface area contributed by atoms with Crippen molar-refractivity contribution in [2.75, 3.05) is 0 Å². The van der Waals surface area contributed by atoms with Crippen LogP contribution in [0.5, 0.6) is 0 Å². The first-order valence-corrected chi connectivity index (χ1v) is 18.6. The van der Waals surface area contributed by atoms with E-state index in [9.17, 15) is 5.26 Å². The standard InChI is InChI=1S/C51H28N6/c1-53-42-16-11-21-49-51(42)39-15-6-10-20-47(39)57(49)50-28-33(31-52)40(30-43(50)54-2)32-22-24-34(25-23-32)55-46-19-9-5-14-38(46)41-29-35(26-27-48(41)55)56-44-17-7-3-12-36(44)37-13-4-8-18-45(37)56/h3-30H. The van der Waals surface area contributed by atoms with E-state index in [2.05, 4.69) is 128 Å². The molecule has 0 saturated heterocycles. The molecule has 0 aliphatic heterocycles. The maximum Gasteiger partial charge on any atom is 0.211 e. The molecule has 0 fully saturated rings. The second-order valence-electron chi connectivity index (χ2n) is 14.2. The predicted octanol–water partition coefficient (Wildman–Crippen LogP) is 13.6. The molecule has 0 amide bonds. The summed E-state index contributed by atoms with van der Waals surface area (Å²) in [5, 5.41) is 17.1. The monoisotopic (exact) mass is 724 g/mol. The van der Waals surface area contributed by atoms with Crippen LogP contribution in [0.2, 0.25) is 0 Å². The summed E-state index contributed by atoms with van der Waals surface area (Å²) in [7, 11) is 0. The highest BCUT2D eigenvalue weighted by atomic mass is 15.0. The van der Waals surface area contributed by atoms with Crippen LogP contribution >= 0.6 is 0 Å². The van der Waals surface area contributed by atoms with E-state index in [4.69, 9.17) is 13.1 Å². The summed E-state index contributed by atoms with van der Waals surface area (Å²) in [6.45, 7) is 16.1. The largest absolute Gasteiger partial charge is 0.320 e. The van der Waals surface area contributed by atoms with Crippen molar-refractivity contribution in [1.29, 1.82) is 5.26 Å². The molecule has 11 aromatic rings. The molecule has 0 spiro atoms. The van der Waals surface area contributed by atoms with Gasteiger partial charge >= 0.3 is 0 Å². The average molecular weight is 725 g/mol. The lowest BCUT2D eigenvalue weighted by molar-refractivity contribution is 1.16. The molecule has 0 aliphatic rings. The lowest BCUT2D eigenvalue weighted by Gasteiger charge is -2.15. The topological polar surface area (TPSA) is 47.3 Å². The first kappa shape index (κ1) is 32.1. The van der Waals surface area contributed by atoms with E-state index in [-0.39, 0.29) is 0 Å². The van der Waals surface area contributed by atoms with E-state index in [1.807, 2.05) is 71.3 Å². The third kappa shape index (κ3) is 4.61. The van der Waals surface area contributed by atoms with Crippen LogP contribution in [0.25, 0.3) is 103 Å². The Labute approximate surface area is 327 Å². The fourth-order valence-electron chi connectivity index (χ4n) is 8.90. The van der Waals surface area contributed by atoms with Crippen LogP contribution in [0.4, 0.5) is 11.4 Å². The number of hydrogen-bond donors (Lipinski definition) is 0. The average Bonchev–Trinajstić information content (AvgIpc) is 3.91. The van der Waals surface area contributed by atoms with Gasteiger partial charge in [0.05, 0.1) is 58.0 Å². The van der Waals surface area contributed by atoms with Gasteiger partial charge in [0.1, 0.15) is 0 Å². The zero-order chi connectivity index (χ0) is 38.2. The summed E-state index contributed by atoms with van der Waals surface area (Å²) in [5.41, 5.74) is 11.9. The van der Waals surface area contributed by atoms with Crippen molar-refractivity contribution in [1.82, 2.24) is 13.7 Å². The molecule has 0 bridgehead atoms. The van der Waals surface area contributed by atoms with Crippen molar-refractivity contribution in [2.24, 2.45) is 0 Å². The Hall–Kier alpha value is -8.37. The molecule has 0 aliphatic carbocycles. The molecule has 0 radical (unpaired) electrons. The Morgan fingerprint density at radius 1 is 0.421 bits per heavy atom. The van der Waals surface area contributed by atoms with Gasteiger partial charge in [-0.2, -0.15) is 5.26 Å². The molecule has 3 heterocycles. The quantitative estimate of drug-likeness (QED) is 0.167. The van der Waals surface area contributed by atoms with Gasteiger partial charge in [-0.1, -0.05) is 97.1 Å². The number of nitrogens with zero attached hydrogens (tertiary/aromatic N) is 6. The molecule has 262 valence electrons. The fraction of sp³-hybridized carbons (Fsp3) is 0. The highest BCUT2D eigenvalue weighted by molar-refractivity contribution is 6.16. The third-order valence-electron chi connectivity index (χ3n) is 11.3. The van der Waals surface area contributed by atoms with E-state index >= 15 is 0 Å². The minimum Gasteiger partial charge on any atom is -0.320 e. The Bertz CT molecular complexity index is 3560. The molecule has 8 aromatic carbocycles. The van der Waals surface area contributed by atoms with E-state index in [1.165, 1.54) is 21.8 Å². The van der Waals surface area contributed by atoms with Gasteiger partial charge in [0.15, 0.2) is 5.69 Å². The summed E-state index contributed by atoms with van der Waals surface area (Å²) in [4.78, 5) is 7.78. The molecule has 0 N–H and O–H groups in total. The Morgan fingerprint density at radius 3 is 1.54 bits per heavy atom. The van der Waals surface area contributed by atoms with Gasteiger partial charge in [-0.05, 0) is 89.3 Å². The number of rotatable bonds is 4. The Morgan fingerprint density at radius 2 is 0.930 bits per heavy atom. The summed E-state index contributed by atoms with van der Waals surface area (Å²) in [6.07, 6.45) is 0. The van der Waals surface area contributed by atoms with Gasteiger partial charge in [0.2, 0.25) is 5.69 Å². The first-order chi connectivity index (χ1) is 28.2. The molecule has 6 heteroatoms. The van der Waals surface area contributed by atoms with E-state index in [0.29, 0.717) is 28.2 Å². The van der Waals surface area contributed by atoms with Gasteiger partial charge in [0, 0.05) is 43.8 Å². The van der Waals surface area contributed by atoms with Crippen molar-refractivity contribution >= 4 is 76.8 Å². The second kappa shape index (κ2) is 12.3. The second-order valence-corrected chi connectivity index (χ2v) is 14.2. The number of nitriles is 1. The highest BCUT2D eigenvalue weighted by Gasteiger charge is 2.21. The first-order valence-electron chi connectivity index (χ1n) is 18.6. The predicted molar refractivity (Wildman–Crippen MR) is 232 cm³/mol. The fourth-order valence-corrected chi connectivity index (χ4v) is 8.90. The van der Waals surface area contributed by atoms with Crippen molar-refractivity contribution < 1.29 is 0 Å². The highest BCUT2D eigenvalue weighted by Crippen LogP contribution is 2.42. The molecule has 3 aromatic heterocycles. The normalized spacial score (nSPS) is 11.5. The molecule has 11 rings (SSSR count). The van der Waals surface area contributed by atoms with Crippen LogP contribution in [0, 0.1) is 24.5 Å². The number of para-hydroxylation sites is 4. The summed E-state index contributed by atoms with van der Waals surface area (Å²) < 4.78 is 6.66.